The molecule has 0 amide bonds. The van der Waals surface area contributed by atoms with Crippen molar-refractivity contribution in [2.24, 2.45) is 5.41 Å². The molecule has 0 N–H and O–H groups in total. The van der Waals surface area contributed by atoms with Crippen LogP contribution in [-0.4, -0.2) is 5.78 Å². The maximum atomic E-state index is 12.7. The number of Topliss-reactive ketones (excluding diaryl/α,β-unsaturated/α-hetero) is 1. The SMILES string of the molecule is CC(C)(C=C(c1ccccc1)c1ccccc1)CC(=O)c1ccccc1. The average molecular weight is 340 g/mol. The van der Waals surface area contributed by atoms with Crippen LogP contribution in [0.5, 0.6) is 0 Å². The van der Waals surface area contributed by atoms with Gasteiger partial charge in [0.15, 0.2) is 5.78 Å². The quantitative estimate of drug-likeness (QED) is 0.473. The molecule has 0 spiro atoms. The van der Waals surface area contributed by atoms with Gasteiger partial charge in [-0.25, -0.2) is 0 Å². The second-order valence-electron chi connectivity index (χ2n) is 7.24. The topological polar surface area (TPSA) is 17.1 Å². The van der Waals surface area contributed by atoms with Gasteiger partial charge in [-0.1, -0.05) is 111 Å². The highest BCUT2D eigenvalue weighted by Gasteiger charge is 2.22. The van der Waals surface area contributed by atoms with E-state index in [1.807, 2.05) is 66.7 Å². The lowest BCUT2D eigenvalue weighted by molar-refractivity contribution is 0.0950. The summed E-state index contributed by atoms with van der Waals surface area (Å²) >= 11 is 0. The number of ketones is 1. The van der Waals surface area contributed by atoms with E-state index in [9.17, 15) is 4.79 Å². The van der Waals surface area contributed by atoms with E-state index >= 15 is 0 Å². The maximum Gasteiger partial charge on any atom is 0.163 e. The van der Waals surface area contributed by atoms with Crippen LogP contribution in [0.1, 0.15) is 41.8 Å². The first-order valence-corrected chi connectivity index (χ1v) is 8.97. The van der Waals surface area contributed by atoms with E-state index in [0.717, 1.165) is 11.1 Å². The molecular weight excluding hydrogens is 316 g/mol. The van der Waals surface area contributed by atoms with Crippen LogP contribution in [0.4, 0.5) is 0 Å². The van der Waals surface area contributed by atoms with Crippen molar-refractivity contribution < 1.29 is 4.79 Å². The molecule has 0 aliphatic heterocycles. The second-order valence-corrected chi connectivity index (χ2v) is 7.24. The molecule has 1 nitrogen and oxygen atoms in total. The minimum absolute atomic E-state index is 0.173. The molecule has 0 heterocycles. The third kappa shape index (κ3) is 4.58. The highest BCUT2D eigenvalue weighted by atomic mass is 16.1. The molecule has 0 radical (unpaired) electrons. The second kappa shape index (κ2) is 7.97. The molecule has 0 saturated carbocycles. The fourth-order valence-corrected chi connectivity index (χ4v) is 3.15. The Balaban J connectivity index is 1.95. The molecule has 3 rings (SSSR count). The Kier molecular flexibility index (Phi) is 5.48. The maximum absolute atomic E-state index is 12.7. The molecule has 0 atom stereocenters. The molecular formula is C25H24O. The lowest BCUT2D eigenvalue weighted by Gasteiger charge is -2.22. The first-order chi connectivity index (χ1) is 12.6. The zero-order valence-corrected chi connectivity index (χ0v) is 15.4. The fourth-order valence-electron chi connectivity index (χ4n) is 3.15. The van der Waals surface area contributed by atoms with Crippen molar-refractivity contribution in [1.82, 2.24) is 0 Å². The molecule has 0 bridgehead atoms. The summed E-state index contributed by atoms with van der Waals surface area (Å²) in [6.07, 6.45) is 2.71. The van der Waals surface area contributed by atoms with Gasteiger partial charge in [0.2, 0.25) is 0 Å². The monoisotopic (exact) mass is 340 g/mol. The largest absolute Gasteiger partial charge is 0.294 e. The van der Waals surface area contributed by atoms with Crippen LogP contribution in [0.3, 0.4) is 0 Å². The van der Waals surface area contributed by atoms with E-state index in [2.05, 4.69) is 44.2 Å². The Bertz CT molecular complexity index is 834. The summed E-state index contributed by atoms with van der Waals surface area (Å²) < 4.78 is 0. The van der Waals surface area contributed by atoms with E-state index in [1.165, 1.54) is 11.1 Å². The van der Waals surface area contributed by atoms with Gasteiger partial charge in [0.25, 0.3) is 0 Å². The zero-order valence-electron chi connectivity index (χ0n) is 15.4. The van der Waals surface area contributed by atoms with Crippen LogP contribution in [0.2, 0.25) is 0 Å². The van der Waals surface area contributed by atoms with Crippen molar-refractivity contribution in [3.05, 3.63) is 114 Å². The zero-order chi connectivity index (χ0) is 18.4. The van der Waals surface area contributed by atoms with E-state index in [1.54, 1.807) is 0 Å². The Morgan fingerprint density at radius 2 is 1.08 bits per heavy atom. The summed E-state index contributed by atoms with van der Waals surface area (Å²) in [5, 5.41) is 0. The molecule has 0 saturated heterocycles. The smallest absolute Gasteiger partial charge is 0.163 e. The predicted molar refractivity (Wildman–Crippen MR) is 109 cm³/mol. The third-order valence-corrected chi connectivity index (χ3v) is 4.42. The molecule has 0 aromatic heterocycles. The van der Waals surface area contributed by atoms with Crippen molar-refractivity contribution in [3.8, 4) is 0 Å². The number of allylic oxidation sites excluding steroid dienone is 1. The predicted octanol–water partition coefficient (Wildman–Crippen LogP) is 6.42. The first kappa shape index (κ1) is 17.9. The lowest BCUT2D eigenvalue weighted by Crippen LogP contribution is -2.15. The van der Waals surface area contributed by atoms with Gasteiger partial charge < -0.3 is 0 Å². The average Bonchev–Trinajstić information content (AvgIpc) is 2.68. The molecule has 130 valence electrons. The van der Waals surface area contributed by atoms with E-state index < -0.39 is 0 Å². The third-order valence-electron chi connectivity index (χ3n) is 4.42. The summed E-state index contributed by atoms with van der Waals surface area (Å²) in [6.45, 7) is 4.25. The van der Waals surface area contributed by atoms with Crippen LogP contribution in [0.25, 0.3) is 5.57 Å². The number of hydrogen-bond acceptors (Lipinski definition) is 1. The van der Waals surface area contributed by atoms with E-state index in [4.69, 9.17) is 0 Å². The van der Waals surface area contributed by atoms with Gasteiger partial charge in [0, 0.05) is 12.0 Å². The van der Waals surface area contributed by atoms with Crippen LogP contribution in [-0.2, 0) is 0 Å². The van der Waals surface area contributed by atoms with Gasteiger partial charge in [0.05, 0.1) is 0 Å². The Hall–Kier alpha value is -2.93. The molecule has 1 heteroatoms. The van der Waals surface area contributed by atoms with Gasteiger partial charge in [-0.2, -0.15) is 0 Å². The first-order valence-electron chi connectivity index (χ1n) is 8.97. The summed E-state index contributed by atoms with van der Waals surface area (Å²) in [5.74, 6) is 0.173. The molecule has 0 fully saturated rings. The molecule has 3 aromatic rings. The number of carbonyl (C=O) groups excluding carboxylic acids is 1. The van der Waals surface area contributed by atoms with Gasteiger partial charge in [-0.05, 0) is 22.1 Å². The molecule has 3 aromatic carbocycles. The Morgan fingerprint density at radius 1 is 0.692 bits per heavy atom. The van der Waals surface area contributed by atoms with Crippen molar-refractivity contribution >= 4 is 11.4 Å². The van der Waals surface area contributed by atoms with Crippen molar-refractivity contribution in [3.63, 3.8) is 0 Å². The molecule has 0 aliphatic carbocycles. The highest BCUT2D eigenvalue weighted by molar-refractivity contribution is 5.96. The number of carbonyl (C=O) groups is 1. The lowest BCUT2D eigenvalue weighted by atomic mass is 9.81. The van der Waals surface area contributed by atoms with Crippen molar-refractivity contribution in [1.29, 1.82) is 0 Å². The number of hydrogen-bond donors (Lipinski definition) is 0. The summed E-state index contributed by atoms with van der Waals surface area (Å²) in [4.78, 5) is 12.7. The van der Waals surface area contributed by atoms with Gasteiger partial charge in [-0.15, -0.1) is 0 Å². The van der Waals surface area contributed by atoms with E-state index in [0.29, 0.717) is 6.42 Å². The molecule has 26 heavy (non-hydrogen) atoms. The molecule has 0 unspecified atom stereocenters. The van der Waals surface area contributed by atoms with Gasteiger partial charge >= 0.3 is 0 Å². The van der Waals surface area contributed by atoms with Crippen molar-refractivity contribution in [2.75, 3.05) is 0 Å². The highest BCUT2D eigenvalue weighted by Crippen LogP contribution is 2.32. The number of rotatable bonds is 6. The molecule has 0 aliphatic rings. The van der Waals surface area contributed by atoms with Crippen LogP contribution in [0, 0.1) is 5.41 Å². The standard InChI is InChI=1S/C25H24O/c1-25(2,19-24(26)22-16-10-5-11-17-22)18-23(20-12-6-3-7-13-20)21-14-8-4-9-15-21/h3-18H,19H2,1-2H3. The fraction of sp³-hybridized carbons (Fsp3) is 0.160. The van der Waals surface area contributed by atoms with E-state index in [-0.39, 0.29) is 11.2 Å². The minimum atomic E-state index is -0.256. The summed E-state index contributed by atoms with van der Waals surface area (Å²) in [6, 6.07) is 30.3. The van der Waals surface area contributed by atoms with Crippen LogP contribution in [0.15, 0.2) is 97.1 Å². The Labute approximate surface area is 156 Å². The van der Waals surface area contributed by atoms with Gasteiger partial charge in [0.1, 0.15) is 0 Å². The van der Waals surface area contributed by atoms with Gasteiger partial charge in [-0.3, -0.25) is 4.79 Å². The minimum Gasteiger partial charge on any atom is -0.294 e. The Morgan fingerprint density at radius 3 is 1.50 bits per heavy atom. The summed E-state index contributed by atoms with van der Waals surface area (Å²) in [7, 11) is 0. The van der Waals surface area contributed by atoms with Crippen LogP contribution < -0.4 is 0 Å². The number of benzene rings is 3. The summed E-state index contributed by atoms with van der Waals surface area (Å²) in [5.41, 5.74) is 4.01. The normalized spacial score (nSPS) is 11.0. The van der Waals surface area contributed by atoms with Crippen molar-refractivity contribution in [2.45, 2.75) is 20.3 Å². The van der Waals surface area contributed by atoms with Crippen LogP contribution >= 0.6 is 0 Å².